The topological polar surface area (TPSA) is 61.4 Å². The molecule has 144 valence electrons. The molecular weight excluding hydrogens is 382 g/mol. The van der Waals surface area contributed by atoms with Gasteiger partial charge >= 0.3 is 0 Å². The Morgan fingerprint density at radius 2 is 1.81 bits per heavy atom. The SMILES string of the molecule is CC(C)NC(=O)CSc1ccc(N2CCN(c3ccccc3Cl)CC2)nn1. The van der Waals surface area contributed by atoms with Gasteiger partial charge in [0.1, 0.15) is 5.03 Å². The minimum Gasteiger partial charge on any atom is -0.367 e. The number of rotatable bonds is 6. The van der Waals surface area contributed by atoms with E-state index in [4.69, 9.17) is 11.6 Å². The highest BCUT2D eigenvalue weighted by atomic mass is 35.5. The Labute approximate surface area is 169 Å². The van der Waals surface area contributed by atoms with Gasteiger partial charge in [0.2, 0.25) is 5.91 Å². The molecule has 0 saturated carbocycles. The number of amides is 1. The molecule has 1 aliphatic rings. The number of carbonyl (C=O) groups excluding carboxylic acids is 1. The van der Waals surface area contributed by atoms with Gasteiger partial charge in [-0.1, -0.05) is 35.5 Å². The number of benzene rings is 1. The lowest BCUT2D eigenvalue weighted by atomic mass is 10.2. The molecule has 1 fully saturated rings. The molecule has 0 unspecified atom stereocenters. The Morgan fingerprint density at radius 1 is 1.11 bits per heavy atom. The molecule has 0 bridgehead atoms. The highest BCUT2D eigenvalue weighted by Gasteiger charge is 2.20. The van der Waals surface area contributed by atoms with Crippen molar-refractivity contribution in [3.8, 4) is 0 Å². The lowest BCUT2D eigenvalue weighted by Gasteiger charge is -2.36. The quantitative estimate of drug-likeness (QED) is 0.745. The van der Waals surface area contributed by atoms with Crippen molar-refractivity contribution in [3.05, 3.63) is 41.4 Å². The number of halogens is 1. The average Bonchev–Trinajstić information content (AvgIpc) is 2.67. The predicted molar refractivity (Wildman–Crippen MR) is 112 cm³/mol. The molecule has 1 saturated heterocycles. The number of piperazine rings is 1. The van der Waals surface area contributed by atoms with E-state index in [0.29, 0.717) is 5.75 Å². The largest absolute Gasteiger partial charge is 0.367 e. The molecule has 2 aromatic rings. The number of hydrogen-bond donors (Lipinski definition) is 1. The molecule has 0 atom stereocenters. The zero-order valence-electron chi connectivity index (χ0n) is 15.6. The Bertz CT molecular complexity index is 763. The molecule has 0 spiro atoms. The molecule has 1 aromatic heterocycles. The number of nitrogens with zero attached hydrogens (tertiary/aromatic N) is 4. The number of carbonyl (C=O) groups is 1. The van der Waals surface area contributed by atoms with Gasteiger partial charge in [0.25, 0.3) is 0 Å². The van der Waals surface area contributed by atoms with E-state index < -0.39 is 0 Å². The van der Waals surface area contributed by atoms with Gasteiger partial charge in [-0.25, -0.2) is 0 Å². The van der Waals surface area contributed by atoms with E-state index in [9.17, 15) is 4.79 Å². The number of thioether (sulfide) groups is 1. The molecule has 0 radical (unpaired) electrons. The van der Waals surface area contributed by atoms with E-state index >= 15 is 0 Å². The third kappa shape index (κ3) is 5.49. The smallest absolute Gasteiger partial charge is 0.230 e. The first-order valence-electron chi connectivity index (χ1n) is 9.03. The first-order valence-corrected chi connectivity index (χ1v) is 10.4. The van der Waals surface area contributed by atoms with Gasteiger partial charge in [-0.05, 0) is 38.1 Å². The summed E-state index contributed by atoms with van der Waals surface area (Å²) < 4.78 is 0. The van der Waals surface area contributed by atoms with Crippen LogP contribution in [0.15, 0.2) is 41.4 Å². The van der Waals surface area contributed by atoms with Crippen molar-refractivity contribution < 1.29 is 4.79 Å². The third-order valence-electron chi connectivity index (χ3n) is 4.22. The fourth-order valence-electron chi connectivity index (χ4n) is 2.95. The van der Waals surface area contributed by atoms with Gasteiger partial charge in [0.05, 0.1) is 16.5 Å². The zero-order chi connectivity index (χ0) is 19.2. The van der Waals surface area contributed by atoms with Gasteiger partial charge in [-0.15, -0.1) is 10.2 Å². The van der Waals surface area contributed by atoms with E-state index in [-0.39, 0.29) is 11.9 Å². The van der Waals surface area contributed by atoms with Crippen LogP contribution < -0.4 is 15.1 Å². The highest BCUT2D eigenvalue weighted by molar-refractivity contribution is 7.99. The van der Waals surface area contributed by atoms with Crippen LogP contribution in [0.25, 0.3) is 0 Å². The van der Waals surface area contributed by atoms with Gasteiger partial charge in [-0.2, -0.15) is 0 Å². The van der Waals surface area contributed by atoms with Crippen LogP contribution in [0, 0.1) is 0 Å². The number of aromatic nitrogens is 2. The maximum atomic E-state index is 11.7. The summed E-state index contributed by atoms with van der Waals surface area (Å²) in [4.78, 5) is 16.2. The molecule has 1 aromatic carbocycles. The lowest BCUT2D eigenvalue weighted by Crippen LogP contribution is -2.47. The van der Waals surface area contributed by atoms with Crippen molar-refractivity contribution in [1.29, 1.82) is 0 Å². The van der Waals surface area contributed by atoms with Crippen LogP contribution in [0.1, 0.15) is 13.8 Å². The van der Waals surface area contributed by atoms with E-state index in [2.05, 4.69) is 31.4 Å². The number of para-hydroxylation sites is 1. The molecule has 8 heteroatoms. The Hall–Kier alpha value is -1.99. The fourth-order valence-corrected chi connectivity index (χ4v) is 3.83. The van der Waals surface area contributed by atoms with Crippen molar-refractivity contribution in [2.45, 2.75) is 24.9 Å². The summed E-state index contributed by atoms with van der Waals surface area (Å²) in [6, 6.07) is 12.0. The Morgan fingerprint density at radius 3 is 2.44 bits per heavy atom. The standard InChI is InChI=1S/C19H24ClN5OS/c1-14(2)21-18(26)13-27-19-8-7-17(22-23-19)25-11-9-24(10-12-25)16-6-4-3-5-15(16)20/h3-8,14H,9-13H2,1-2H3,(H,21,26). The van der Waals surface area contributed by atoms with Gasteiger partial charge in [-0.3, -0.25) is 4.79 Å². The monoisotopic (exact) mass is 405 g/mol. The molecule has 0 aliphatic carbocycles. The van der Waals surface area contributed by atoms with Crippen LogP contribution in [0.2, 0.25) is 5.02 Å². The van der Waals surface area contributed by atoms with Crippen LogP contribution in [-0.2, 0) is 4.79 Å². The highest BCUT2D eigenvalue weighted by Crippen LogP contribution is 2.27. The maximum Gasteiger partial charge on any atom is 0.230 e. The summed E-state index contributed by atoms with van der Waals surface area (Å²) in [5, 5.41) is 13.0. The Balaban J connectivity index is 1.51. The molecule has 3 rings (SSSR count). The van der Waals surface area contributed by atoms with E-state index in [1.165, 1.54) is 11.8 Å². The maximum absolute atomic E-state index is 11.7. The number of anilines is 2. The second-order valence-electron chi connectivity index (χ2n) is 6.67. The first-order chi connectivity index (χ1) is 13.0. The molecule has 6 nitrogen and oxygen atoms in total. The van der Waals surface area contributed by atoms with Crippen LogP contribution in [0.3, 0.4) is 0 Å². The summed E-state index contributed by atoms with van der Waals surface area (Å²) >= 11 is 7.70. The van der Waals surface area contributed by atoms with Crippen LogP contribution >= 0.6 is 23.4 Å². The van der Waals surface area contributed by atoms with Gasteiger partial charge in [0, 0.05) is 32.2 Å². The third-order valence-corrected chi connectivity index (χ3v) is 5.46. The molecule has 1 N–H and O–H groups in total. The summed E-state index contributed by atoms with van der Waals surface area (Å²) in [6.45, 7) is 7.40. The van der Waals surface area contributed by atoms with Crippen molar-refractivity contribution in [2.24, 2.45) is 0 Å². The molecular formula is C19H24ClN5OS. The predicted octanol–water partition coefficient (Wildman–Crippen LogP) is 3.07. The van der Waals surface area contributed by atoms with Crippen LogP contribution in [0.4, 0.5) is 11.5 Å². The van der Waals surface area contributed by atoms with Gasteiger partial charge in [0.15, 0.2) is 5.82 Å². The van der Waals surface area contributed by atoms with Crippen LogP contribution in [0.5, 0.6) is 0 Å². The second-order valence-corrected chi connectivity index (χ2v) is 8.07. The first kappa shape index (κ1) is 19.8. The van der Waals surface area contributed by atoms with Crippen molar-refractivity contribution in [1.82, 2.24) is 15.5 Å². The summed E-state index contributed by atoms with van der Waals surface area (Å²) in [7, 11) is 0. The molecule has 1 aliphatic heterocycles. The van der Waals surface area contributed by atoms with E-state index in [1.807, 2.05) is 44.2 Å². The zero-order valence-corrected chi connectivity index (χ0v) is 17.1. The Kier molecular flexibility index (Phi) is 6.79. The summed E-state index contributed by atoms with van der Waals surface area (Å²) in [5.41, 5.74) is 1.08. The number of hydrogen-bond acceptors (Lipinski definition) is 6. The van der Waals surface area contributed by atoms with E-state index in [0.717, 1.165) is 47.7 Å². The van der Waals surface area contributed by atoms with Crippen molar-refractivity contribution in [2.75, 3.05) is 41.7 Å². The second kappa shape index (κ2) is 9.28. The normalized spacial score (nSPS) is 14.5. The van der Waals surface area contributed by atoms with Crippen LogP contribution in [-0.4, -0.2) is 54.1 Å². The lowest BCUT2D eigenvalue weighted by molar-refractivity contribution is -0.119. The van der Waals surface area contributed by atoms with E-state index in [1.54, 1.807) is 0 Å². The fraction of sp³-hybridized carbons (Fsp3) is 0.421. The summed E-state index contributed by atoms with van der Waals surface area (Å²) in [5.74, 6) is 1.23. The minimum absolute atomic E-state index is 0.0107. The minimum atomic E-state index is 0.0107. The molecule has 27 heavy (non-hydrogen) atoms. The van der Waals surface area contributed by atoms with Gasteiger partial charge < -0.3 is 15.1 Å². The van der Waals surface area contributed by atoms with Crippen molar-refractivity contribution in [3.63, 3.8) is 0 Å². The molecule has 1 amide bonds. The van der Waals surface area contributed by atoms with Crippen molar-refractivity contribution >= 4 is 40.8 Å². The average molecular weight is 406 g/mol. The number of nitrogens with one attached hydrogen (secondary N) is 1. The molecule has 2 heterocycles. The summed E-state index contributed by atoms with van der Waals surface area (Å²) in [6.07, 6.45) is 0.